The van der Waals surface area contributed by atoms with E-state index in [1.165, 1.54) is 116 Å². The van der Waals surface area contributed by atoms with E-state index in [1.54, 1.807) is 0 Å². The zero-order chi connectivity index (χ0) is 33.9. The predicted molar refractivity (Wildman–Crippen MR) is 210 cm³/mol. The second-order valence-electron chi connectivity index (χ2n) is 14.2. The van der Waals surface area contributed by atoms with Gasteiger partial charge in [-0.25, -0.2) is 0 Å². The van der Waals surface area contributed by atoms with Gasteiger partial charge in [0.1, 0.15) is 0 Å². The number of ether oxygens (including phenoxy) is 2. The van der Waals surface area contributed by atoms with Crippen LogP contribution in [0.25, 0.3) is 0 Å². The maximum Gasteiger partial charge on any atom is 0.0824 e. The van der Waals surface area contributed by atoms with Crippen LogP contribution in [-0.4, -0.2) is 49.5 Å². The molecule has 0 saturated carbocycles. The van der Waals surface area contributed by atoms with E-state index in [2.05, 4.69) is 81.2 Å². The maximum atomic E-state index is 6.85. The highest BCUT2D eigenvalue weighted by Crippen LogP contribution is 2.18. The summed E-state index contributed by atoms with van der Waals surface area (Å²) >= 11 is 0. The highest BCUT2D eigenvalue weighted by atomic mass is 16.5. The molecule has 1 heterocycles. The topological polar surface area (TPSA) is 21.7 Å². The maximum absolute atomic E-state index is 6.85. The molecule has 1 aliphatic heterocycles. The van der Waals surface area contributed by atoms with Crippen LogP contribution in [-0.2, 0) is 9.47 Å². The lowest BCUT2D eigenvalue weighted by molar-refractivity contribution is -0.0819. The Balaban J connectivity index is 2.49. The number of hydrogen-bond acceptors (Lipinski definition) is 3. The molecular weight excluding hydrogens is 574 g/mol. The van der Waals surface area contributed by atoms with Crippen molar-refractivity contribution in [1.29, 1.82) is 0 Å². The van der Waals surface area contributed by atoms with Crippen LogP contribution in [0.4, 0.5) is 0 Å². The summed E-state index contributed by atoms with van der Waals surface area (Å²) in [7, 11) is 0. The molecule has 0 N–H and O–H groups in total. The lowest BCUT2D eigenvalue weighted by Crippen LogP contribution is -2.32. The van der Waals surface area contributed by atoms with E-state index < -0.39 is 0 Å². The van der Waals surface area contributed by atoms with Crippen molar-refractivity contribution in [3.63, 3.8) is 0 Å². The van der Waals surface area contributed by atoms with E-state index in [9.17, 15) is 0 Å². The SMILES string of the molecule is CCCCCCCC/C=C\C/C=C\CC(CCC)OCC(CCN1CCCC1)OC(C/C=C\C/C=C/CCCCCCCC)CCC. The smallest absolute Gasteiger partial charge is 0.0824 e. The summed E-state index contributed by atoms with van der Waals surface area (Å²) in [5.41, 5.74) is 0. The molecule has 274 valence electrons. The molecule has 0 spiro atoms. The van der Waals surface area contributed by atoms with Gasteiger partial charge < -0.3 is 14.4 Å². The van der Waals surface area contributed by atoms with Crippen LogP contribution in [0.5, 0.6) is 0 Å². The molecule has 1 saturated heterocycles. The van der Waals surface area contributed by atoms with E-state index in [-0.39, 0.29) is 18.3 Å². The fraction of sp³-hybridized carbons (Fsp3) is 0.818. The Morgan fingerprint density at radius 1 is 0.489 bits per heavy atom. The molecule has 47 heavy (non-hydrogen) atoms. The normalized spacial score (nSPS) is 16.5. The van der Waals surface area contributed by atoms with Gasteiger partial charge in [-0.1, -0.05) is 153 Å². The van der Waals surface area contributed by atoms with Gasteiger partial charge in [-0.05, 0) is 96.6 Å². The quantitative estimate of drug-likeness (QED) is 0.0508. The van der Waals surface area contributed by atoms with Gasteiger partial charge in [0, 0.05) is 6.54 Å². The summed E-state index contributed by atoms with van der Waals surface area (Å²) in [6.45, 7) is 13.5. The summed E-state index contributed by atoms with van der Waals surface area (Å²) in [5, 5.41) is 0. The number of unbranched alkanes of at least 4 members (excludes halogenated alkanes) is 12. The minimum absolute atomic E-state index is 0.172. The molecule has 3 nitrogen and oxygen atoms in total. The van der Waals surface area contributed by atoms with E-state index in [0.717, 1.165) is 70.9 Å². The first-order chi connectivity index (χ1) is 23.2. The van der Waals surface area contributed by atoms with Crippen molar-refractivity contribution in [2.45, 2.75) is 207 Å². The van der Waals surface area contributed by atoms with Crippen molar-refractivity contribution in [1.82, 2.24) is 4.90 Å². The van der Waals surface area contributed by atoms with Gasteiger partial charge in [0.05, 0.1) is 24.9 Å². The van der Waals surface area contributed by atoms with Gasteiger partial charge in [0.2, 0.25) is 0 Å². The number of likely N-dealkylation sites (tertiary alicyclic amines) is 1. The van der Waals surface area contributed by atoms with Crippen LogP contribution in [0.2, 0.25) is 0 Å². The molecule has 3 unspecified atom stereocenters. The highest BCUT2D eigenvalue weighted by Gasteiger charge is 2.20. The lowest BCUT2D eigenvalue weighted by atomic mass is 10.1. The molecule has 0 aromatic rings. The average Bonchev–Trinajstić information content (AvgIpc) is 3.60. The summed E-state index contributed by atoms with van der Waals surface area (Å²) in [6.07, 6.45) is 50.9. The molecule has 0 aliphatic carbocycles. The fourth-order valence-electron chi connectivity index (χ4n) is 6.55. The number of nitrogens with zero attached hydrogens (tertiary/aromatic N) is 1. The fourth-order valence-corrected chi connectivity index (χ4v) is 6.55. The molecular formula is C44H81NO2. The third-order valence-corrected chi connectivity index (χ3v) is 9.55. The Kier molecular flexibility index (Phi) is 32.4. The molecule has 1 aliphatic rings. The molecule has 3 atom stereocenters. The first-order valence-corrected chi connectivity index (χ1v) is 20.8. The lowest BCUT2D eigenvalue weighted by Gasteiger charge is -2.28. The van der Waals surface area contributed by atoms with Gasteiger partial charge in [-0.2, -0.15) is 0 Å². The second kappa shape index (κ2) is 34.7. The first kappa shape index (κ1) is 43.9. The Morgan fingerprint density at radius 2 is 0.979 bits per heavy atom. The second-order valence-corrected chi connectivity index (χ2v) is 14.2. The molecule has 1 rings (SSSR count). The molecule has 0 aromatic carbocycles. The van der Waals surface area contributed by atoms with Crippen LogP contribution in [0.15, 0.2) is 48.6 Å². The number of hydrogen-bond donors (Lipinski definition) is 0. The van der Waals surface area contributed by atoms with Crippen molar-refractivity contribution >= 4 is 0 Å². The van der Waals surface area contributed by atoms with Gasteiger partial charge in [0.25, 0.3) is 0 Å². The average molecular weight is 656 g/mol. The summed E-state index contributed by atoms with van der Waals surface area (Å²) in [6, 6.07) is 0. The summed E-state index contributed by atoms with van der Waals surface area (Å²) < 4.78 is 13.5. The minimum atomic E-state index is 0.172. The third-order valence-electron chi connectivity index (χ3n) is 9.55. The molecule has 0 aromatic heterocycles. The van der Waals surface area contributed by atoms with Crippen molar-refractivity contribution in [3.8, 4) is 0 Å². The standard InChI is InChI=1S/C44H81NO2/c1-5-9-11-13-15-17-19-21-23-25-27-29-35-42(33-7-3)46-41-44(37-40-45-38-31-32-39-45)47-43(34-8-4)36-30-28-26-24-22-20-18-16-14-12-10-6-2/h21-24,27-30,42-44H,5-20,25-26,31-41H2,1-4H3/b23-21-,24-22+,29-27-,30-28-. The number of rotatable bonds is 34. The molecule has 0 radical (unpaired) electrons. The van der Waals surface area contributed by atoms with E-state index in [1.807, 2.05) is 0 Å². The first-order valence-electron chi connectivity index (χ1n) is 20.8. The van der Waals surface area contributed by atoms with Gasteiger partial charge in [-0.3, -0.25) is 0 Å². The summed E-state index contributed by atoms with van der Waals surface area (Å²) in [5.74, 6) is 0. The van der Waals surface area contributed by atoms with Gasteiger partial charge in [-0.15, -0.1) is 0 Å². The van der Waals surface area contributed by atoms with Crippen LogP contribution in [0, 0.1) is 0 Å². The molecule has 3 heteroatoms. The van der Waals surface area contributed by atoms with Crippen LogP contribution in [0.1, 0.15) is 188 Å². The zero-order valence-corrected chi connectivity index (χ0v) is 32.1. The number of allylic oxidation sites excluding steroid dienone is 6. The monoisotopic (exact) mass is 656 g/mol. The van der Waals surface area contributed by atoms with E-state index >= 15 is 0 Å². The zero-order valence-electron chi connectivity index (χ0n) is 32.1. The van der Waals surface area contributed by atoms with Crippen molar-refractivity contribution in [2.24, 2.45) is 0 Å². The molecule has 1 fully saturated rings. The Bertz CT molecular complexity index is 750. The van der Waals surface area contributed by atoms with Crippen molar-refractivity contribution < 1.29 is 9.47 Å². The minimum Gasteiger partial charge on any atom is -0.375 e. The Morgan fingerprint density at radius 3 is 1.53 bits per heavy atom. The van der Waals surface area contributed by atoms with Crippen molar-refractivity contribution in [3.05, 3.63) is 48.6 Å². The molecule has 0 amide bonds. The summed E-state index contributed by atoms with van der Waals surface area (Å²) in [4.78, 5) is 2.62. The van der Waals surface area contributed by atoms with Crippen LogP contribution in [0.3, 0.4) is 0 Å². The van der Waals surface area contributed by atoms with Crippen LogP contribution < -0.4 is 0 Å². The highest BCUT2D eigenvalue weighted by molar-refractivity contribution is 4.95. The largest absolute Gasteiger partial charge is 0.375 e. The predicted octanol–water partition coefficient (Wildman–Crippen LogP) is 13.5. The Hall–Kier alpha value is -1.16. The Labute approximate surface area is 295 Å². The van der Waals surface area contributed by atoms with Gasteiger partial charge >= 0.3 is 0 Å². The molecule has 0 bridgehead atoms. The van der Waals surface area contributed by atoms with Crippen molar-refractivity contribution in [2.75, 3.05) is 26.2 Å². The van der Waals surface area contributed by atoms with E-state index in [0.29, 0.717) is 0 Å². The van der Waals surface area contributed by atoms with Gasteiger partial charge in [0.15, 0.2) is 0 Å². The van der Waals surface area contributed by atoms with E-state index in [4.69, 9.17) is 9.47 Å². The third kappa shape index (κ3) is 28.4. The van der Waals surface area contributed by atoms with Crippen LogP contribution >= 0.6 is 0 Å².